The highest BCUT2D eigenvalue weighted by atomic mass is 32.2. The van der Waals surface area contributed by atoms with E-state index in [1.807, 2.05) is 12.1 Å². The van der Waals surface area contributed by atoms with E-state index in [4.69, 9.17) is 9.47 Å². The number of hydrogen-bond donors (Lipinski definition) is 2. The van der Waals surface area contributed by atoms with Crippen molar-refractivity contribution in [2.75, 3.05) is 25.6 Å². The number of carbonyl (C=O) groups excluding carboxylic acids is 2. The molecule has 4 rings (SSSR count). The maximum Gasteiger partial charge on any atom is 0.262 e. The largest absolute Gasteiger partial charge is 0.497 e. The zero-order chi connectivity index (χ0) is 22.9. The topological polar surface area (TPSA) is 114 Å². The molecule has 2 heterocycles. The van der Waals surface area contributed by atoms with Crippen LogP contribution in [-0.4, -0.2) is 50.8 Å². The predicted octanol–water partition coefficient (Wildman–Crippen LogP) is 1.80. The smallest absolute Gasteiger partial charge is 0.262 e. The van der Waals surface area contributed by atoms with Gasteiger partial charge in [-0.1, -0.05) is 12.1 Å². The van der Waals surface area contributed by atoms with E-state index in [9.17, 15) is 18.0 Å². The van der Waals surface area contributed by atoms with Gasteiger partial charge in [-0.2, -0.15) is 4.31 Å². The minimum atomic E-state index is -3.94. The van der Waals surface area contributed by atoms with Crippen molar-refractivity contribution in [1.82, 2.24) is 9.62 Å². The number of rotatable bonds is 6. The lowest BCUT2D eigenvalue weighted by Crippen LogP contribution is -2.45. The number of carbonyl (C=O) groups is 2. The Bertz CT molecular complexity index is 1150. The van der Waals surface area contributed by atoms with Crippen molar-refractivity contribution in [3.05, 3.63) is 47.5 Å². The number of hydrogen-bond acceptors (Lipinski definition) is 6. The Morgan fingerprint density at radius 2 is 2.03 bits per heavy atom. The quantitative estimate of drug-likeness (QED) is 0.681. The summed E-state index contributed by atoms with van der Waals surface area (Å²) in [6.45, 7) is 2.04. The van der Waals surface area contributed by atoms with E-state index in [1.54, 1.807) is 32.2 Å². The molecule has 9 nitrogen and oxygen atoms in total. The summed E-state index contributed by atoms with van der Waals surface area (Å²) in [5.74, 6) is 0.396. The van der Waals surface area contributed by atoms with Crippen LogP contribution in [0, 0.1) is 6.92 Å². The van der Waals surface area contributed by atoms with E-state index in [-0.39, 0.29) is 29.9 Å². The summed E-state index contributed by atoms with van der Waals surface area (Å²) in [6.07, 6.45) is 1.04. The molecule has 2 aromatic rings. The Kier molecular flexibility index (Phi) is 6.07. The van der Waals surface area contributed by atoms with Crippen molar-refractivity contribution in [1.29, 1.82) is 0 Å². The van der Waals surface area contributed by atoms with Gasteiger partial charge in [0.1, 0.15) is 17.5 Å². The van der Waals surface area contributed by atoms with Crippen LogP contribution in [0.5, 0.6) is 11.5 Å². The average molecular weight is 460 g/mol. The first kappa shape index (κ1) is 22.1. The molecule has 10 heteroatoms. The molecule has 1 fully saturated rings. The second kappa shape index (κ2) is 8.79. The Balaban J connectivity index is 1.51. The first-order chi connectivity index (χ1) is 15.3. The standard InChI is InChI=1S/C22H25N3O6S/c1-14-10-17-19(31-13-21(26)24-17)11-20(14)32(28,29)25-9-3-4-18(25)22(27)23-12-15-5-7-16(30-2)8-6-15/h5-8,10-11,18H,3-4,9,12-13H2,1-2H3,(H,23,27)(H,24,26). The lowest BCUT2D eigenvalue weighted by Gasteiger charge is -2.26. The minimum Gasteiger partial charge on any atom is -0.497 e. The molecule has 2 aliphatic heterocycles. The maximum absolute atomic E-state index is 13.5. The number of nitrogens with one attached hydrogen (secondary N) is 2. The molecule has 0 radical (unpaired) electrons. The number of sulfonamides is 1. The fourth-order valence-corrected chi connectivity index (χ4v) is 5.84. The van der Waals surface area contributed by atoms with Gasteiger partial charge < -0.3 is 20.1 Å². The third-order valence-electron chi connectivity index (χ3n) is 5.63. The van der Waals surface area contributed by atoms with Crippen LogP contribution in [0.2, 0.25) is 0 Å². The summed E-state index contributed by atoms with van der Waals surface area (Å²) < 4.78 is 38.7. The molecule has 1 unspecified atom stereocenters. The van der Waals surface area contributed by atoms with E-state index >= 15 is 0 Å². The predicted molar refractivity (Wildman–Crippen MR) is 117 cm³/mol. The number of ether oxygens (including phenoxy) is 2. The van der Waals surface area contributed by atoms with Crippen LogP contribution in [0.3, 0.4) is 0 Å². The molecule has 32 heavy (non-hydrogen) atoms. The van der Waals surface area contributed by atoms with E-state index in [0.717, 1.165) is 11.3 Å². The van der Waals surface area contributed by atoms with Crippen molar-refractivity contribution >= 4 is 27.5 Å². The molecule has 0 aromatic heterocycles. The Hall–Kier alpha value is -3.11. The highest BCUT2D eigenvalue weighted by Gasteiger charge is 2.40. The van der Waals surface area contributed by atoms with E-state index < -0.39 is 16.1 Å². The second-order valence-corrected chi connectivity index (χ2v) is 9.65. The normalized spacial score (nSPS) is 18.4. The van der Waals surface area contributed by atoms with Gasteiger partial charge in [0.05, 0.1) is 17.7 Å². The fourth-order valence-electron chi connectivity index (χ4n) is 3.96. The van der Waals surface area contributed by atoms with Gasteiger partial charge >= 0.3 is 0 Å². The van der Waals surface area contributed by atoms with Gasteiger partial charge in [0.25, 0.3) is 5.91 Å². The van der Waals surface area contributed by atoms with Gasteiger partial charge in [-0.3, -0.25) is 9.59 Å². The van der Waals surface area contributed by atoms with Crippen LogP contribution in [0.15, 0.2) is 41.3 Å². The molecule has 1 atom stereocenters. The van der Waals surface area contributed by atoms with Crippen molar-refractivity contribution in [2.45, 2.75) is 37.2 Å². The number of methoxy groups -OCH3 is 1. The molecule has 0 aliphatic carbocycles. The molecule has 0 bridgehead atoms. The number of benzene rings is 2. The van der Waals surface area contributed by atoms with Gasteiger partial charge in [-0.25, -0.2) is 8.42 Å². The number of nitrogens with zero attached hydrogens (tertiary/aromatic N) is 1. The monoisotopic (exact) mass is 459 g/mol. The number of anilines is 1. The molecule has 170 valence electrons. The lowest BCUT2D eigenvalue weighted by molar-refractivity contribution is -0.124. The van der Waals surface area contributed by atoms with Gasteiger partial charge in [0, 0.05) is 19.2 Å². The molecule has 2 amide bonds. The van der Waals surface area contributed by atoms with Gasteiger partial charge in [-0.15, -0.1) is 0 Å². The minimum absolute atomic E-state index is 0.0715. The number of fused-ring (bicyclic) bond motifs is 1. The Morgan fingerprint density at radius 3 is 2.75 bits per heavy atom. The second-order valence-electron chi connectivity index (χ2n) is 7.79. The van der Waals surface area contributed by atoms with Crippen molar-refractivity contribution in [2.24, 2.45) is 0 Å². The summed E-state index contributed by atoms with van der Waals surface area (Å²) in [5, 5.41) is 5.51. The highest BCUT2D eigenvalue weighted by molar-refractivity contribution is 7.89. The van der Waals surface area contributed by atoms with Gasteiger partial charge in [-0.05, 0) is 49.1 Å². The molecule has 2 N–H and O–H groups in total. The zero-order valence-corrected chi connectivity index (χ0v) is 18.7. The Labute approximate surface area is 186 Å². The molecular formula is C22H25N3O6S. The molecule has 0 spiro atoms. The van der Waals surface area contributed by atoms with E-state index in [1.165, 1.54) is 10.4 Å². The third-order valence-corrected chi connectivity index (χ3v) is 7.68. The van der Waals surface area contributed by atoms with E-state index in [2.05, 4.69) is 10.6 Å². The summed E-state index contributed by atoms with van der Waals surface area (Å²) >= 11 is 0. The average Bonchev–Trinajstić information content (AvgIpc) is 3.28. The van der Waals surface area contributed by atoms with Gasteiger partial charge in [0.15, 0.2) is 6.61 Å². The van der Waals surface area contributed by atoms with Crippen molar-refractivity contribution in [3.63, 3.8) is 0 Å². The third kappa shape index (κ3) is 4.28. The molecule has 0 saturated carbocycles. The molecule has 2 aliphatic rings. The highest BCUT2D eigenvalue weighted by Crippen LogP contribution is 2.36. The molecular weight excluding hydrogens is 434 g/mol. The molecule has 1 saturated heterocycles. The van der Waals surface area contributed by atoms with Crippen LogP contribution in [-0.2, 0) is 26.2 Å². The van der Waals surface area contributed by atoms with Crippen molar-refractivity contribution < 1.29 is 27.5 Å². The van der Waals surface area contributed by atoms with Crippen LogP contribution in [0.4, 0.5) is 5.69 Å². The van der Waals surface area contributed by atoms with E-state index in [0.29, 0.717) is 36.4 Å². The lowest BCUT2D eigenvalue weighted by atomic mass is 10.2. The van der Waals surface area contributed by atoms with Crippen LogP contribution >= 0.6 is 0 Å². The number of aryl methyl sites for hydroxylation is 1. The summed E-state index contributed by atoms with van der Waals surface area (Å²) in [5.41, 5.74) is 1.79. The first-order valence-electron chi connectivity index (χ1n) is 10.3. The summed E-state index contributed by atoms with van der Waals surface area (Å²) in [4.78, 5) is 24.5. The SMILES string of the molecule is COc1ccc(CNC(=O)C2CCCN2S(=O)(=O)c2cc3c(cc2C)NC(=O)CO3)cc1. The Morgan fingerprint density at radius 1 is 1.28 bits per heavy atom. The zero-order valence-electron chi connectivity index (χ0n) is 17.9. The van der Waals surface area contributed by atoms with Crippen molar-refractivity contribution in [3.8, 4) is 11.5 Å². The van der Waals surface area contributed by atoms with Gasteiger partial charge in [0.2, 0.25) is 15.9 Å². The van der Waals surface area contributed by atoms with Crippen LogP contribution in [0.25, 0.3) is 0 Å². The molecule has 2 aromatic carbocycles. The maximum atomic E-state index is 13.5. The number of amides is 2. The summed E-state index contributed by atoms with van der Waals surface area (Å²) in [6, 6.07) is 9.51. The fraction of sp³-hybridized carbons (Fsp3) is 0.364. The van der Waals surface area contributed by atoms with Crippen LogP contribution in [0.1, 0.15) is 24.0 Å². The summed E-state index contributed by atoms with van der Waals surface area (Å²) in [7, 11) is -2.36. The van der Waals surface area contributed by atoms with Crippen LogP contribution < -0.4 is 20.1 Å². The first-order valence-corrected chi connectivity index (χ1v) is 11.7.